The molecular formula is C8H6N2O2. The number of hydrogen-bond donors (Lipinski definition) is 0. The van der Waals surface area contributed by atoms with Crippen molar-refractivity contribution < 1.29 is 9.63 Å². The zero-order chi connectivity index (χ0) is 8.39. The first-order valence-electron chi connectivity index (χ1n) is 3.53. The maximum Gasteiger partial charge on any atom is 0.315 e. The first-order chi connectivity index (χ1) is 5.88. The van der Waals surface area contributed by atoms with Gasteiger partial charge in [-0.2, -0.15) is 0 Å². The van der Waals surface area contributed by atoms with Crippen LogP contribution in [0.4, 0.5) is 0 Å². The first-order valence-corrected chi connectivity index (χ1v) is 3.53. The van der Waals surface area contributed by atoms with Gasteiger partial charge in [-0.25, -0.2) is 0 Å². The summed E-state index contributed by atoms with van der Waals surface area (Å²) in [5.74, 6) is -0.346. The molecule has 1 aliphatic heterocycles. The lowest BCUT2D eigenvalue weighted by molar-refractivity contribution is -0.123. The summed E-state index contributed by atoms with van der Waals surface area (Å²) in [6.45, 7) is 0. The van der Waals surface area contributed by atoms with Gasteiger partial charge in [0.25, 0.3) is 0 Å². The highest BCUT2D eigenvalue weighted by atomic mass is 16.7. The van der Waals surface area contributed by atoms with Crippen molar-refractivity contribution in [2.75, 3.05) is 0 Å². The van der Waals surface area contributed by atoms with Crippen LogP contribution in [0.25, 0.3) is 0 Å². The Morgan fingerprint density at radius 1 is 1.25 bits per heavy atom. The van der Waals surface area contributed by atoms with E-state index in [2.05, 4.69) is 10.4 Å². The van der Waals surface area contributed by atoms with Crippen LogP contribution in [-0.4, -0.2) is 5.91 Å². The minimum atomic E-state index is -0.633. The predicted octanol–water partition coefficient (Wildman–Crippen LogP) is 1.65. The Balaban J connectivity index is 2.27. The second kappa shape index (κ2) is 2.73. The van der Waals surface area contributed by atoms with Gasteiger partial charge in [0.15, 0.2) is 0 Å². The maximum absolute atomic E-state index is 11.0. The van der Waals surface area contributed by atoms with E-state index in [1.54, 1.807) is 12.1 Å². The van der Waals surface area contributed by atoms with E-state index in [0.29, 0.717) is 0 Å². The highest BCUT2D eigenvalue weighted by Crippen LogP contribution is 2.23. The molecule has 4 heteroatoms. The molecule has 0 radical (unpaired) electrons. The van der Waals surface area contributed by atoms with Crippen LogP contribution in [-0.2, 0) is 9.63 Å². The lowest BCUT2D eigenvalue weighted by Gasteiger charge is -2.03. The molecule has 1 atom stereocenters. The van der Waals surface area contributed by atoms with Crippen molar-refractivity contribution in [2.45, 2.75) is 6.10 Å². The van der Waals surface area contributed by atoms with Gasteiger partial charge in [-0.1, -0.05) is 35.4 Å². The van der Waals surface area contributed by atoms with Gasteiger partial charge >= 0.3 is 5.91 Å². The largest absolute Gasteiger partial charge is 0.361 e. The van der Waals surface area contributed by atoms with E-state index in [9.17, 15) is 4.79 Å². The van der Waals surface area contributed by atoms with Crippen molar-refractivity contribution in [1.82, 2.24) is 0 Å². The molecule has 1 aromatic carbocycles. The Labute approximate surface area is 68.8 Å². The summed E-state index contributed by atoms with van der Waals surface area (Å²) in [5, 5.41) is 6.46. The number of amides is 1. The predicted molar refractivity (Wildman–Crippen MR) is 40.1 cm³/mol. The van der Waals surface area contributed by atoms with Crippen LogP contribution >= 0.6 is 0 Å². The molecule has 0 saturated heterocycles. The van der Waals surface area contributed by atoms with Crippen LogP contribution in [0.2, 0.25) is 0 Å². The smallest absolute Gasteiger partial charge is 0.315 e. The second-order valence-corrected chi connectivity index (χ2v) is 2.42. The Bertz CT molecular complexity index is 321. The van der Waals surface area contributed by atoms with Crippen LogP contribution in [0.15, 0.2) is 40.7 Å². The molecule has 0 aromatic heterocycles. The first kappa shape index (κ1) is 6.97. The Morgan fingerprint density at radius 2 is 2.00 bits per heavy atom. The standard InChI is InChI=1S/C8H6N2O2/c11-8-7(12-10-9-8)6-4-2-1-3-5-6/h1-5,7H. The van der Waals surface area contributed by atoms with Crippen LogP contribution in [0.1, 0.15) is 11.7 Å². The van der Waals surface area contributed by atoms with Crippen LogP contribution in [0.5, 0.6) is 0 Å². The molecule has 1 heterocycles. The van der Waals surface area contributed by atoms with E-state index < -0.39 is 6.10 Å². The number of benzene rings is 1. The molecular weight excluding hydrogens is 156 g/mol. The topological polar surface area (TPSA) is 51.0 Å². The fourth-order valence-electron chi connectivity index (χ4n) is 1.04. The quantitative estimate of drug-likeness (QED) is 0.630. The van der Waals surface area contributed by atoms with Crippen molar-refractivity contribution in [3.05, 3.63) is 35.9 Å². The van der Waals surface area contributed by atoms with Crippen molar-refractivity contribution in [3.8, 4) is 0 Å². The highest BCUT2D eigenvalue weighted by molar-refractivity contribution is 5.83. The van der Waals surface area contributed by atoms with Gasteiger partial charge in [-0.05, 0) is 0 Å². The van der Waals surface area contributed by atoms with E-state index in [1.165, 1.54) is 0 Å². The Kier molecular flexibility index (Phi) is 1.59. The van der Waals surface area contributed by atoms with E-state index in [0.717, 1.165) is 5.56 Å². The minimum Gasteiger partial charge on any atom is -0.361 e. The fraction of sp³-hybridized carbons (Fsp3) is 0.125. The third-order valence-electron chi connectivity index (χ3n) is 1.62. The molecule has 0 aliphatic carbocycles. The van der Waals surface area contributed by atoms with E-state index in [4.69, 9.17) is 4.84 Å². The molecule has 4 nitrogen and oxygen atoms in total. The van der Waals surface area contributed by atoms with Gasteiger partial charge < -0.3 is 4.84 Å². The molecule has 1 aromatic rings. The molecule has 12 heavy (non-hydrogen) atoms. The number of hydrogen-bond acceptors (Lipinski definition) is 3. The molecule has 1 amide bonds. The molecule has 0 saturated carbocycles. The summed E-state index contributed by atoms with van der Waals surface area (Å²) in [6.07, 6.45) is -0.633. The van der Waals surface area contributed by atoms with Gasteiger partial charge in [0.1, 0.15) is 0 Å². The summed E-state index contributed by atoms with van der Waals surface area (Å²) in [5.41, 5.74) is 0.785. The van der Waals surface area contributed by atoms with E-state index in [-0.39, 0.29) is 5.91 Å². The summed E-state index contributed by atoms with van der Waals surface area (Å²) in [7, 11) is 0. The third kappa shape index (κ3) is 1.07. The average molecular weight is 162 g/mol. The summed E-state index contributed by atoms with van der Waals surface area (Å²) < 4.78 is 0. The summed E-state index contributed by atoms with van der Waals surface area (Å²) in [4.78, 5) is 15.7. The second-order valence-electron chi connectivity index (χ2n) is 2.42. The molecule has 0 spiro atoms. The number of carbonyl (C=O) groups excluding carboxylic acids is 1. The monoisotopic (exact) mass is 162 g/mol. The molecule has 1 unspecified atom stereocenters. The maximum atomic E-state index is 11.0. The minimum absolute atomic E-state index is 0.346. The van der Waals surface area contributed by atoms with Crippen LogP contribution in [0, 0.1) is 0 Å². The molecule has 60 valence electrons. The number of nitrogens with zero attached hydrogens (tertiary/aromatic N) is 2. The van der Waals surface area contributed by atoms with Gasteiger partial charge in [-0.15, -0.1) is 0 Å². The van der Waals surface area contributed by atoms with Crippen molar-refractivity contribution in [1.29, 1.82) is 0 Å². The number of rotatable bonds is 1. The van der Waals surface area contributed by atoms with Crippen molar-refractivity contribution >= 4 is 5.91 Å². The zero-order valence-electron chi connectivity index (χ0n) is 6.18. The van der Waals surface area contributed by atoms with Gasteiger partial charge in [0.05, 0.1) is 0 Å². The summed E-state index contributed by atoms with van der Waals surface area (Å²) in [6, 6.07) is 9.16. The van der Waals surface area contributed by atoms with E-state index >= 15 is 0 Å². The average Bonchev–Trinajstić information content (AvgIpc) is 2.53. The lowest BCUT2D eigenvalue weighted by Crippen LogP contribution is -2.05. The Morgan fingerprint density at radius 3 is 2.58 bits per heavy atom. The highest BCUT2D eigenvalue weighted by Gasteiger charge is 2.26. The molecule has 0 bridgehead atoms. The van der Waals surface area contributed by atoms with E-state index in [1.807, 2.05) is 18.2 Å². The van der Waals surface area contributed by atoms with Crippen LogP contribution in [0.3, 0.4) is 0 Å². The Hall–Kier alpha value is -1.71. The lowest BCUT2D eigenvalue weighted by atomic mass is 10.1. The van der Waals surface area contributed by atoms with Gasteiger partial charge in [0, 0.05) is 10.8 Å². The SMILES string of the molecule is O=C1N=NOC1c1ccccc1. The number of carbonyl (C=O) groups is 1. The van der Waals surface area contributed by atoms with Gasteiger partial charge in [-0.3, -0.25) is 4.79 Å². The molecule has 0 N–H and O–H groups in total. The molecule has 1 aliphatic rings. The third-order valence-corrected chi connectivity index (χ3v) is 1.62. The zero-order valence-corrected chi connectivity index (χ0v) is 6.18. The van der Waals surface area contributed by atoms with Crippen molar-refractivity contribution in [3.63, 3.8) is 0 Å². The molecule has 2 rings (SSSR count). The van der Waals surface area contributed by atoms with Gasteiger partial charge in [0.2, 0.25) is 6.10 Å². The normalized spacial score (nSPS) is 21.0. The molecule has 0 fully saturated rings. The summed E-state index contributed by atoms with van der Waals surface area (Å²) >= 11 is 0. The van der Waals surface area contributed by atoms with Crippen LogP contribution < -0.4 is 0 Å². The fourth-order valence-corrected chi connectivity index (χ4v) is 1.04. The van der Waals surface area contributed by atoms with Crippen molar-refractivity contribution in [2.24, 2.45) is 10.4 Å².